The monoisotopic (exact) mass is 522 g/mol. The lowest BCUT2D eigenvalue weighted by atomic mass is 10.1. The lowest BCUT2D eigenvalue weighted by Gasteiger charge is -2.31. The average Bonchev–Trinajstić information content (AvgIpc) is 2.76. The topological polar surface area (TPSA) is 58.6 Å². The molecule has 0 aliphatic rings. The largest absolute Gasteiger partial charge is 0.484 e. The van der Waals surface area contributed by atoms with E-state index in [1.807, 2.05) is 75.4 Å². The molecule has 0 radical (unpaired) electrons. The van der Waals surface area contributed by atoms with Gasteiger partial charge in [0.25, 0.3) is 5.91 Å². The van der Waals surface area contributed by atoms with E-state index < -0.39 is 6.04 Å². The molecule has 0 heterocycles. The van der Waals surface area contributed by atoms with Crippen molar-refractivity contribution in [1.82, 2.24) is 10.2 Å². The van der Waals surface area contributed by atoms with Crippen LogP contribution in [0.4, 0.5) is 0 Å². The molecule has 6 heteroatoms. The van der Waals surface area contributed by atoms with Gasteiger partial charge < -0.3 is 15.0 Å². The number of nitrogens with one attached hydrogen (secondary N) is 1. The van der Waals surface area contributed by atoms with Crippen LogP contribution in [0, 0.1) is 3.57 Å². The zero-order chi connectivity index (χ0) is 21.9. The summed E-state index contributed by atoms with van der Waals surface area (Å²) < 4.78 is 6.81. The Kier molecular flexibility index (Phi) is 10.1. The number of benzene rings is 2. The molecule has 5 nitrogen and oxygen atoms in total. The highest BCUT2D eigenvalue weighted by Gasteiger charge is 2.29. The molecule has 0 spiro atoms. The fraction of sp³-hybridized carbons (Fsp3) is 0.417. The minimum absolute atomic E-state index is 0.0701. The molecule has 0 saturated heterocycles. The van der Waals surface area contributed by atoms with Crippen molar-refractivity contribution in [2.75, 3.05) is 13.2 Å². The number of hydrogen-bond donors (Lipinski definition) is 1. The molecule has 0 aromatic heterocycles. The Balaban J connectivity index is 2.11. The Hall–Kier alpha value is -2.09. The molecule has 0 aliphatic carbocycles. The summed E-state index contributed by atoms with van der Waals surface area (Å²) in [5.74, 6) is 0.349. The second-order valence-electron chi connectivity index (χ2n) is 7.31. The van der Waals surface area contributed by atoms with Crippen molar-refractivity contribution in [2.24, 2.45) is 0 Å². The number of ether oxygens (including phenoxy) is 1. The summed E-state index contributed by atoms with van der Waals surface area (Å²) in [6.45, 7) is 6.30. The van der Waals surface area contributed by atoms with Crippen LogP contribution in [0.2, 0.25) is 0 Å². The maximum absolute atomic E-state index is 13.1. The van der Waals surface area contributed by atoms with Crippen LogP contribution in [0.25, 0.3) is 0 Å². The molecule has 0 bridgehead atoms. The first-order chi connectivity index (χ1) is 14.4. The van der Waals surface area contributed by atoms with Crippen molar-refractivity contribution in [3.05, 3.63) is 63.7 Å². The lowest BCUT2D eigenvalue weighted by Crippen LogP contribution is -2.52. The number of carbonyl (C=O) groups excluding carboxylic acids is 2. The molecular weight excluding hydrogens is 491 g/mol. The Morgan fingerprint density at radius 3 is 2.30 bits per heavy atom. The van der Waals surface area contributed by atoms with E-state index in [-0.39, 0.29) is 24.5 Å². The summed E-state index contributed by atoms with van der Waals surface area (Å²) >= 11 is 2.22. The van der Waals surface area contributed by atoms with Gasteiger partial charge in [-0.2, -0.15) is 0 Å². The maximum atomic E-state index is 13.1. The molecule has 2 aromatic carbocycles. The number of hydrogen-bond acceptors (Lipinski definition) is 3. The van der Waals surface area contributed by atoms with Crippen LogP contribution in [0.15, 0.2) is 54.6 Å². The molecular formula is C24H31IN2O3. The molecule has 0 fully saturated rings. The summed E-state index contributed by atoms with van der Waals surface area (Å²) in [4.78, 5) is 27.6. The lowest BCUT2D eigenvalue weighted by molar-refractivity contribution is -0.142. The second kappa shape index (κ2) is 12.6. The van der Waals surface area contributed by atoms with Gasteiger partial charge >= 0.3 is 0 Å². The molecule has 1 N–H and O–H groups in total. The molecule has 2 amide bonds. The van der Waals surface area contributed by atoms with Gasteiger partial charge in [0, 0.05) is 16.2 Å². The van der Waals surface area contributed by atoms with Crippen molar-refractivity contribution in [1.29, 1.82) is 0 Å². The quantitative estimate of drug-likeness (QED) is 0.445. The Morgan fingerprint density at radius 1 is 1.03 bits per heavy atom. The van der Waals surface area contributed by atoms with E-state index >= 15 is 0 Å². The highest BCUT2D eigenvalue weighted by Crippen LogP contribution is 2.15. The first kappa shape index (κ1) is 24.2. The fourth-order valence-corrected chi connectivity index (χ4v) is 3.46. The van der Waals surface area contributed by atoms with E-state index in [2.05, 4.69) is 27.9 Å². The smallest absolute Gasteiger partial charge is 0.261 e. The van der Waals surface area contributed by atoms with Gasteiger partial charge in [0.2, 0.25) is 5.91 Å². The highest BCUT2D eigenvalue weighted by molar-refractivity contribution is 14.1. The third-order valence-corrected chi connectivity index (χ3v) is 5.77. The Morgan fingerprint density at radius 2 is 1.70 bits per heavy atom. The number of amides is 2. The third-order valence-electron chi connectivity index (χ3n) is 5.05. The summed E-state index contributed by atoms with van der Waals surface area (Å²) in [5.41, 5.74) is 1.13. The predicted octanol–water partition coefficient (Wildman–Crippen LogP) is 4.43. The first-order valence-corrected chi connectivity index (χ1v) is 11.5. The van der Waals surface area contributed by atoms with Gasteiger partial charge in [-0.05, 0) is 78.6 Å². The van der Waals surface area contributed by atoms with Crippen LogP contribution in [0.1, 0.15) is 39.2 Å². The molecule has 2 atom stereocenters. The van der Waals surface area contributed by atoms with Crippen molar-refractivity contribution in [2.45, 2.75) is 52.1 Å². The van der Waals surface area contributed by atoms with Gasteiger partial charge in [-0.3, -0.25) is 9.59 Å². The zero-order valence-electron chi connectivity index (χ0n) is 17.9. The van der Waals surface area contributed by atoms with Gasteiger partial charge in [0.1, 0.15) is 11.8 Å². The van der Waals surface area contributed by atoms with Gasteiger partial charge in [-0.15, -0.1) is 0 Å². The third kappa shape index (κ3) is 7.63. The zero-order valence-corrected chi connectivity index (χ0v) is 20.1. The number of carbonyl (C=O) groups is 2. The summed E-state index contributed by atoms with van der Waals surface area (Å²) in [6.07, 6.45) is 2.08. The van der Waals surface area contributed by atoms with Crippen LogP contribution in [0.3, 0.4) is 0 Å². The minimum Gasteiger partial charge on any atom is -0.484 e. The van der Waals surface area contributed by atoms with Crippen LogP contribution in [-0.2, 0) is 16.0 Å². The Bertz CT molecular complexity index is 796. The number of rotatable bonds is 11. The van der Waals surface area contributed by atoms with Gasteiger partial charge in [-0.25, -0.2) is 0 Å². The van der Waals surface area contributed by atoms with Gasteiger partial charge in [0.15, 0.2) is 6.61 Å². The van der Waals surface area contributed by atoms with Gasteiger partial charge in [-0.1, -0.05) is 44.2 Å². The standard InChI is InChI=1S/C24H31IN2O3/c1-4-18(3)26-24(29)22(5-2)27(16-15-19-9-7-6-8-10-19)23(28)17-30-21-13-11-20(25)12-14-21/h6-14,18,22H,4-5,15-17H2,1-3H3,(H,26,29)/t18-,22+/m0/s1. The molecule has 0 saturated carbocycles. The predicted molar refractivity (Wildman–Crippen MR) is 128 cm³/mol. The van der Waals surface area contributed by atoms with E-state index in [0.29, 0.717) is 25.1 Å². The second-order valence-corrected chi connectivity index (χ2v) is 8.55. The average molecular weight is 522 g/mol. The minimum atomic E-state index is -0.518. The van der Waals surface area contributed by atoms with Crippen molar-refractivity contribution in [3.63, 3.8) is 0 Å². The van der Waals surface area contributed by atoms with Crippen LogP contribution in [0.5, 0.6) is 5.75 Å². The van der Waals surface area contributed by atoms with E-state index in [9.17, 15) is 9.59 Å². The van der Waals surface area contributed by atoms with Crippen LogP contribution in [-0.4, -0.2) is 41.9 Å². The molecule has 0 unspecified atom stereocenters. The molecule has 2 rings (SSSR count). The van der Waals surface area contributed by atoms with E-state index in [0.717, 1.165) is 15.6 Å². The van der Waals surface area contributed by atoms with Crippen LogP contribution >= 0.6 is 22.6 Å². The molecule has 2 aromatic rings. The van der Waals surface area contributed by atoms with E-state index in [1.165, 1.54) is 0 Å². The fourth-order valence-electron chi connectivity index (χ4n) is 3.10. The maximum Gasteiger partial charge on any atom is 0.261 e. The van der Waals surface area contributed by atoms with Crippen LogP contribution < -0.4 is 10.1 Å². The Labute approximate surface area is 193 Å². The molecule has 0 aliphatic heterocycles. The summed E-state index contributed by atoms with van der Waals surface area (Å²) in [5, 5.41) is 3.02. The highest BCUT2D eigenvalue weighted by atomic mass is 127. The molecule has 30 heavy (non-hydrogen) atoms. The van der Waals surface area contributed by atoms with Crippen molar-refractivity contribution < 1.29 is 14.3 Å². The molecule has 162 valence electrons. The number of halogens is 1. The summed E-state index contributed by atoms with van der Waals surface area (Å²) in [6, 6.07) is 17.1. The summed E-state index contributed by atoms with van der Waals surface area (Å²) in [7, 11) is 0. The number of nitrogens with zero attached hydrogens (tertiary/aromatic N) is 1. The SMILES string of the molecule is CC[C@H](C(=O)N[C@@H](C)CC)N(CCc1ccccc1)C(=O)COc1ccc(I)cc1. The van der Waals surface area contributed by atoms with Crippen molar-refractivity contribution >= 4 is 34.4 Å². The normalized spacial score (nSPS) is 12.7. The first-order valence-electron chi connectivity index (χ1n) is 10.5. The van der Waals surface area contributed by atoms with E-state index in [1.54, 1.807) is 4.90 Å². The van der Waals surface area contributed by atoms with E-state index in [4.69, 9.17) is 4.74 Å². The van der Waals surface area contributed by atoms with Crippen molar-refractivity contribution in [3.8, 4) is 5.75 Å². The van der Waals surface area contributed by atoms with Gasteiger partial charge in [0.05, 0.1) is 0 Å².